The van der Waals surface area contributed by atoms with Crippen molar-refractivity contribution in [1.82, 2.24) is 25.0 Å². The van der Waals surface area contributed by atoms with Gasteiger partial charge in [0, 0.05) is 49.0 Å². The number of nitrogens with two attached hydrogens (primary N) is 1. The molecule has 2 atom stereocenters. The van der Waals surface area contributed by atoms with Gasteiger partial charge < -0.3 is 20.7 Å². The number of likely N-dealkylation sites (tertiary alicyclic amines) is 1. The quantitative estimate of drug-likeness (QED) is 0.572. The number of hydrogen-bond donors (Lipinski definition) is 2. The summed E-state index contributed by atoms with van der Waals surface area (Å²) in [6.07, 6.45) is 2.52. The van der Waals surface area contributed by atoms with Gasteiger partial charge in [-0.2, -0.15) is 5.10 Å². The van der Waals surface area contributed by atoms with Crippen molar-refractivity contribution < 1.29 is 18.3 Å². The van der Waals surface area contributed by atoms with Crippen LogP contribution in [0.1, 0.15) is 44.1 Å². The standard InChI is InChI=1S/C25H28F2N6O2/c1-3-29-24(34)32-9-7-25(14-32)8-10-33-21(25)12-19(31-33)16-11-20(23(28)30-13-16)35-15(2)22-17(26)5-4-6-18(22)27/h4-6,11-13,15H,3,7-10,14H2,1-2H3,(H2,28,30)(H,29,34)/t15?,25-/m1/s1. The lowest BCUT2D eigenvalue weighted by molar-refractivity contribution is 0.206. The fraction of sp³-hybridized carbons (Fsp3) is 0.400. The summed E-state index contributed by atoms with van der Waals surface area (Å²) in [4.78, 5) is 18.4. The Morgan fingerprint density at radius 1 is 1.26 bits per heavy atom. The number of carbonyl (C=O) groups excluding carboxylic acids is 1. The smallest absolute Gasteiger partial charge is 0.317 e. The Morgan fingerprint density at radius 2 is 2.00 bits per heavy atom. The first-order chi connectivity index (χ1) is 16.8. The number of fused-ring (bicyclic) bond motifs is 2. The van der Waals surface area contributed by atoms with Crippen LogP contribution in [-0.2, 0) is 12.0 Å². The number of aromatic nitrogens is 3. The van der Waals surface area contributed by atoms with Gasteiger partial charge in [0.2, 0.25) is 0 Å². The van der Waals surface area contributed by atoms with E-state index in [9.17, 15) is 13.6 Å². The number of benzene rings is 1. The van der Waals surface area contributed by atoms with Crippen LogP contribution in [0.25, 0.3) is 11.3 Å². The Labute approximate surface area is 202 Å². The number of pyridine rings is 1. The number of ether oxygens (including phenoxy) is 1. The third-order valence-corrected chi connectivity index (χ3v) is 6.98. The van der Waals surface area contributed by atoms with Crippen LogP contribution in [0.5, 0.6) is 5.75 Å². The molecule has 8 nitrogen and oxygen atoms in total. The number of rotatable bonds is 5. The number of nitrogens with one attached hydrogen (secondary N) is 1. The van der Waals surface area contributed by atoms with Crippen molar-refractivity contribution in [1.29, 1.82) is 0 Å². The van der Waals surface area contributed by atoms with Crippen LogP contribution in [0.15, 0.2) is 36.5 Å². The predicted molar refractivity (Wildman–Crippen MR) is 127 cm³/mol. The summed E-state index contributed by atoms with van der Waals surface area (Å²) in [6, 6.07) is 7.38. The minimum atomic E-state index is -0.912. The predicted octanol–water partition coefficient (Wildman–Crippen LogP) is 4.02. The second-order valence-corrected chi connectivity index (χ2v) is 9.18. The van der Waals surface area contributed by atoms with E-state index in [-0.39, 0.29) is 28.6 Å². The molecule has 10 heteroatoms. The summed E-state index contributed by atoms with van der Waals surface area (Å²) in [5.41, 5.74) is 8.22. The molecular weight excluding hydrogens is 454 g/mol. The van der Waals surface area contributed by atoms with Crippen molar-refractivity contribution in [2.24, 2.45) is 0 Å². The summed E-state index contributed by atoms with van der Waals surface area (Å²) in [7, 11) is 0. The SMILES string of the molecule is CCNC(=O)N1CC[C@@]2(CCn3nc(-c4cnc(N)c(OC(C)c5c(F)cccc5F)c4)cc32)C1. The number of urea groups is 1. The molecule has 3 aromatic rings. The second-order valence-electron chi connectivity index (χ2n) is 9.18. The highest BCUT2D eigenvalue weighted by atomic mass is 19.1. The Morgan fingerprint density at radius 3 is 2.74 bits per heavy atom. The molecule has 35 heavy (non-hydrogen) atoms. The molecule has 4 heterocycles. The largest absolute Gasteiger partial charge is 0.482 e. The molecule has 1 aromatic carbocycles. The topological polar surface area (TPSA) is 98.3 Å². The van der Waals surface area contributed by atoms with Crippen molar-refractivity contribution in [3.63, 3.8) is 0 Å². The molecule has 1 saturated heterocycles. The first-order valence-corrected chi connectivity index (χ1v) is 11.8. The number of hydrogen-bond acceptors (Lipinski definition) is 5. The van der Waals surface area contributed by atoms with Crippen LogP contribution in [0, 0.1) is 11.6 Å². The van der Waals surface area contributed by atoms with Gasteiger partial charge in [-0.15, -0.1) is 0 Å². The molecule has 1 unspecified atom stereocenters. The van der Waals surface area contributed by atoms with Crippen LogP contribution in [0.3, 0.4) is 0 Å². The Balaban J connectivity index is 1.40. The molecule has 1 fully saturated rings. The van der Waals surface area contributed by atoms with Gasteiger partial charge in [-0.25, -0.2) is 18.6 Å². The van der Waals surface area contributed by atoms with E-state index in [4.69, 9.17) is 15.6 Å². The molecule has 1 spiro atoms. The van der Waals surface area contributed by atoms with Gasteiger partial charge in [-0.1, -0.05) is 6.07 Å². The highest BCUT2D eigenvalue weighted by Gasteiger charge is 2.46. The lowest BCUT2D eigenvalue weighted by Crippen LogP contribution is -2.40. The zero-order chi connectivity index (χ0) is 24.7. The van der Waals surface area contributed by atoms with Crippen molar-refractivity contribution >= 4 is 11.8 Å². The minimum absolute atomic E-state index is 0.0347. The first-order valence-electron chi connectivity index (χ1n) is 11.8. The highest BCUT2D eigenvalue weighted by Crippen LogP contribution is 2.44. The van der Waals surface area contributed by atoms with Gasteiger partial charge in [-0.3, -0.25) is 4.68 Å². The lowest BCUT2D eigenvalue weighted by atomic mass is 9.82. The first kappa shape index (κ1) is 23.1. The number of carbonyl (C=O) groups is 1. The maximum Gasteiger partial charge on any atom is 0.317 e. The van der Waals surface area contributed by atoms with Crippen molar-refractivity contribution in [3.8, 4) is 17.0 Å². The van der Waals surface area contributed by atoms with Crippen LogP contribution in [0.4, 0.5) is 19.4 Å². The Bertz CT molecular complexity index is 1260. The Kier molecular flexibility index (Phi) is 5.82. The fourth-order valence-corrected chi connectivity index (χ4v) is 5.16. The van der Waals surface area contributed by atoms with Gasteiger partial charge >= 0.3 is 6.03 Å². The number of amides is 2. The average Bonchev–Trinajstić information content (AvgIpc) is 3.52. The number of aryl methyl sites for hydroxylation is 1. The molecule has 3 N–H and O–H groups in total. The molecule has 0 bridgehead atoms. The number of halogens is 2. The van der Waals surface area contributed by atoms with E-state index < -0.39 is 17.7 Å². The molecule has 184 valence electrons. The normalized spacial score (nSPS) is 19.7. The number of anilines is 1. The van der Waals surface area contributed by atoms with E-state index in [1.54, 1.807) is 19.2 Å². The maximum atomic E-state index is 14.2. The van der Waals surface area contributed by atoms with E-state index in [1.165, 1.54) is 18.2 Å². The molecule has 2 aliphatic heterocycles. The van der Waals surface area contributed by atoms with E-state index >= 15 is 0 Å². The molecule has 2 aliphatic rings. The van der Waals surface area contributed by atoms with Gasteiger partial charge in [0.25, 0.3) is 0 Å². The third-order valence-electron chi connectivity index (χ3n) is 6.98. The zero-order valence-corrected chi connectivity index (χ0v) is 19.7. The van der Waals surface area contributed by atoms with Crippen LogP contribution >= 0.6 is 0 Å². The molecule has 0 saturated carbocycles. The summed E-state index contributed by atoms with van der Waals surface area (Å²) >= 11 is 0. The summed E-state index contributed by atoms with van der Waals surface area (Å²) in [6.45, 7) is 6.20. The zero-order valence-electron chi connectivity index (χ0n) is 19.7. The molecule has 5 rings (SSSR count). The third kappa shape index (κ3) is 4.06. The molecule has 0 radical (unpaired) electrons. The van der Waals surface area contributed by atoms with E-state index in [0.29, 0.717) is 30.9 Å². The van der Waals surface area contributed by atoms with Crippen molar-refractivity contribution in [2.75, 3.05) is 25.4 Å². The van der Waals surface area contributed by atoms with Crippen LogP contribution in [-0.4, -0.2) is 45.3 Å². The molecule has 2 aromatic heterocycles. The summed E-state index contributed by atoms with van der Waals surface area (Å²) in [5.74, 6) is -1.03. The van der Waals surface area contributed by atoms with Crippen LogP contribution < -0.4 is 15.8 Å². The molecule has 0 aliphatic carbocycles. The Hall–Kier alpha value is -3.69. The minimum Gasteiger partial charge on any atom is -0.482 e. The van der Waals surface area contributed by atoms with E-state index in [2.05, 4.69) is 10.3 Å². The van der Waals surface area contributed by atoms with Crippen molar-refractivity contribution in [3.05, 3.63) is 59.4 Å². The van der Waals surface area contributed by atoms with Crippen molar-refractivity contribution in [2.45, 2.75) is 44.8 Å². The monoisotopic (exact) mass is 482 g/mol. The number of nitrogens with zero attached hydrogens (tertiary/aromatic N) is 4. The van der Waals surface area contributed by atoms with Gasteiger partial charge in [-0.05, 0) is 51.0 Å². The van der Waals surface area contributed by atoms with Crippen LogP contribution in [0.2, 0.25) is 0 Å². The lowest BCUT2D eigenvalue weighted by Gasteiger charge is -2.23. The summed E-state index contributed by atoms with van der Waals surface area (Å²) in [5, 5.41) is 7.64. The highest BCUT2D eigenvalue weighted by molar-refractivity contribution is 5.75. The molecule has 2 amide bonds. The fourth-order valence-electron chi connectivity index (χ4n) is 5.16. The van der Waals surface area contributed by atoms with Gasteiger partial charge in [0.05, 0.1) is 11.3 Å². The second kappa shape index (κ2) is 8.83. The number of nitrogen functional groups attached to an aromatic ring is 1. The maximum absolute atomic E-state index is 14.2. The average molecular weight is 483 g/mol. The van der Waals surface area contributed by atoms with Gasteiger partial charge in [0.1, 0.15) is 17.7 Å². The molecular formula is C25H28F2N6O2. The van der Waals surface area contributed by atoms with Gasteiger partial charge in [0.15, 0.2) is 11.6 Å². The summed E-state index contributed by atoms with van der Waals surface area (Å²) < 4.78 is 36.2. The van der Waals surface area contributed by atoms with E-state index in [1.807, 2.05) is 22.6 Å². The van der Waals surface area contributed by atoms with E-state index in [0.717, 1.165) is 25.1 Å².